The lowest BCUT2D eigenvalue weighted by Crippen LogP contribution is -2.15. The molecule has 1 heterocycles. The predicted molar refractivity (Wildman–Crippen MR) is 79.6 cm³/mol. The smallest absolute Gasteiger partial charge is 0.337 e. The molecule has 5 nitrogen and oxygen atoms in total. The molecule has 0 bridgehead atoms. The Morgan fingerprint density at radius 3 is 2.57 bits per heavy atom. The number of amides is 1. The number of carbonyl (C=O) groups is 2. The second kappa shape index (κ2) is 6.85. The second-order valence-electron chi connectivity index (χ2n) is 4.40. The Labute approximate surface area is 126 Å². The normalized spacial score (nSPS) is 10.1. The summed E-state index contributed by atoms with van der Waals surface area (Å²) in [4.78, 5) is 26.9. The first-order valence-electron chi connectivity index (χ1n) is 6.28. The van der Waals surface area contributed by atoms with Gasteiger partial charge in [0.25, 0.3) is 0 Å². The molecule has 21 heavy (non-hydrogen) atoms. The Hall–Kier alpha value is -2.40. The third-order valence-corrected chi connectivity index (χ3v) is 3.11. The van der Waals surface area contributed by atoms with Crippen LogP contribution in [0.3, 0.4) is 0 Å². The van der Waals surface area contributed by atoms with Crippen LogP contribution in [0.25, 0.3) is 0 Å². The summed E-state index contributed by atoms with van der Waals surface area (Å²) in [5.41, 5.74) is 1.21. The molecule has 0 radical (unpaired) electrons. The van der Waals surface area contributed by atoms with Crippen molar-refractivity contribution in [2.75, 3.05) is 5.32 Å². The van der Waals surface area contributed by atoms with Gasteiger partial charge in [-0.05, 0) is 42.3 Å². The number of halogens is 1. The molecular formula is C15H13ClN2O3. The summed E-state index contributed by atoms with van der Waals surface area (Å²) in [6.45, 7) is 0. The van der Waals surface area contributed by atoms with E-state index in [4.69, 9.17) is 16.7 Å². The van der Waals surface area contributed by atoms with Crippen molar-refractivity contribution >= 4 is 29.2 Å². The third-order valence-electron chi connectivity index (χ3n) is 2.88. The number of nitrogens with zero attached hydrogens (tertiary/aromatic N) is 1. The fourth-order valence-electron chi connectivity index (χ4n) is 1.82. The van der Waals surface area contributed by atoms with Crippen LogP contribution in [-0.2, 0) is 11.2 Å². The average Bonchev–Trinajstić information content (AvgIpc) is 2.48. The first-order valence-corrected chi connectivity index (χ1v) is 6.65. The zero-order valence-electron chi connectivity index (χ0n) is 11.0. The van der Waals surface area contributed by atoms with E-state index in [1.54, 1.807) is 12.4 Å². The van der Waals surface area contributed by atoms with Crippen molar-refractivity contribution in [1.82, 2.24) is 4.98 Å². The molecule has 1 aromatic carbocycles. The molecular weight excluding hydrogens is 292 g/mol. The maximum Gasteiger partial charge on any atom is 0.337 e. The number of aromatic carboxylic acids is 1. The van der Waals surface area contributed by atoms with Crippen molar-refractivity contribution in [2.24, 2.45) is 0 Å². The van der Waals surface area contributed by atoms with E-state index in [1.165, 1.54) is 18.2 Å². The van der Waals surface area contributed by atoms with Crippen LogP contribution in [0.2, 0.25) is 5.02 Å². The highest BCUT2D eigenvalue weighted by Crippen LogP contribution is 2.21. The molecule has 0 fully saturated rings. The maximum absolute atomic E-state index is 11.9. The first-order chi connectivity index (χ1) is 10.1. The molecule has 0 spiro atoms. The molecule has 0 unspecified atom stereocenters. The Balaban J connectivity index is 2.01. The van der Waals surface area contributed by atoms with Crippen LogP contribution in [0.4, 0.5) is 5.69 Å². The molecule has 0 aliphatic carbocycles. The predicted octanol–water partition coefficient (Wildman–Crippen LogP) is 3.00. The minimum absolute atomic E-state index is 0.0280. The van der Waals surface area contributed by atoms with Crippen LogP contribution in [-0.4, -0.2) is 22.0 Å². The fraction of sp³-hybridized carbons (Fsp3) is 0.133. The molecule has 2 rings (SSSR count). The van der Waals surface area contributed by atoms with E-state index in [0.717, 1.165) is 5.56 Å². The van der Waals surface area contributed by atoms with Crippen LogP contribution in [0.5, 0.6) is 0 Å². The number of benzene rings is 1. The Morgan fingerprint density at radius 1 is 1.19 bits per heavy atom. The van der Waals surface area contributed by atoms with Gasteiger partial charge in [0.05, 0.1) is 11.3 Å². The number of nitrogens with one attached hydrogen (secondary N) is 1. The maximum atomic E-state index is 11.9. The van der Waals surface area contributed by atoms with Crippen LogP contribution in [0.1, 0.15) is 22.3 Å². The highest BCUT2D eigenvalue weighted by atomic mass is 35.5. The van der Waals surface area contributed by atoms with Gasteiger partial charge in [-0.2, -0.15) is 0 Å². The molecule has 6 heteroatoms. The van der Waals surface area contributed by atoms with Gasteiger partial charge in [0.15, 0.2) is 0 Å². The molecule has 0 saturated heterocycles. The number of rotatable bonds is 5. The zero-order valence-corrected chi connectivity index (χ0v) is 11.8. The number of carboxylic acid groups (broad SMARTS) is 1. The standard InChI is InChI=1S/C15H13ClN2O3/c16-11-2-3-13(12(9-11)15(20)21)18-14(19)4-1-10-5-7-17-8-6-10/h2-3,5-9H,1,4H2,(H,18,19)(H,20,21). The van der Waals surface area contributed by atoms with Gasteiger partial charge in [-0.15, -0.1) is 0 Å². The summed E-state index contributed by atoms with van der Waals surface area (Å²) >= 11 is 5.76. The van der Waals surface area contributed by atoms with Crippen LogP contribution in [0.15, 0.2) is 42.7 Å². The molecule has 1 amide bonds. The number of hydrogen-bond donors (Lipinski definition) is 2. The van der Waals surface area contributed by atoms with E-state index < -0.39 is 5.97 Å². The van der Waals surface area contributed by atoms with Crippen LogP contribution < -0.4 is 5.32 Å². The van der Waals surface area contributed by atoms with Gasteiger partial charge in [-0.1, -0.05) is 11.6 Å². The molecule has 0 atom stereocenters. The fourth-order valence-corrected chi connectivity index (χ4v) is 1.99. The van der Waals surface area contributed by atoms with E-state index in [0.29, 0.717) is 11.4 Å². The summed E-state index contributed by atoms with van der Waals surface area (Å²) in [5, 5.41) is 12.0. The molecule has 0 aliphatic heterocycles. The first kappa shape index (κ1) is 15.0. The van der Waals surface area contributed by atoms with Crippen molar-refractivity contribution in [3.05, 3.63) is 58.9 Å². The van der Waals surface area contributed by atoms with Gasteiger partial charge >= 0.3 is 5.97 Å². The molecule has 1 aromatic heterocycles. The summed E-state index contributed by atoms with van der Waals surface area (Å²) < 4.78 is 0. The monoisotopic (exact) mass is 304 g/mol. The van der Waals surface area contributed by atoms with Gasteiger partial charge < -0.3 is 10.4 Å². The van der Waals surface area contributed by atoms with Crippen LogP contribution in [0, 0.1) is 0 Å². The lowest BCUT2D eigenvalue weighted by atomic mass is 10.1. The van der Waals surface area contributed by atoms with Crippen molar-refractivity contribution in [2.45, 2.75) is 12.8 Å². The Morgan fingerprint density at radius 2 is 1.90 bits per heavy atom. The highest BCUT2D eigenvalue weighted by molar-refractivity contribution is 6.31. The molecule has 2 N–H and O–H groups in total. The van der Waals surface area contributed by atoms with Gasteiger partial charge in [-0.3, -0.25) is 9.78 Å². The van der Waals surface area contributed by atoms with Crippen molar-refractivity contribution in [3.63, 3.8) is 0 Å². The number of hydrogen-bond acceptors (Lipinski definition) is 3. The molecule has 108 valence electrons. The van der Waals surface area contributed by atoms with Gasteiger partial charge in [0.2, 0.25) is 5.91 Å². The van der Waals surface area contributed by atoms with Gasteiger partial charge in [0, 0.05) is 23.8 Å². The minimum Gasteiger partial charge on any atom is -0.478 e. The number of carboxylic acids is 1. The second-order valence-corrected chi connectivity index (χ2v) is 4.84. The van der Waals surface area contributed by atoms with E-state index in [1.807, 2.05) is 12.1 Å². The van der Waals surface area contributed by atoms with Gasteiger partial charge in [-0.25, -0.2) is 4.79 Å². The lowest BCUT2D eigenvalue weighted by Gasteiger charge is -2.09. The zero-order chi connectivity index (χ0) is 15.2. The van der Waals surface area contributed by atoms with Crippen molar-refractivity contribution in [1.29, 1.82) is 0 Å². The van der Waals surface area contributed by atoms with Crippen molar-refractivity contribution in [3.8, 4) is 0 Å². The minimum atomic E-state index is -1.14. The molecule has 0 saturated carbocycles. The van der Waals surface area contributed by atoms with Crippen molar-refractivity contribution < 1.29 is 14.7 Å². The summed E-state index contributed by atoms with van der Waals surface area (Å²) in [6.07, 6.45) is 4.14. The van der Waals surface area contributed by atoms with Gasteiger partial charge in [0.1, 0.15) is 0 Å². The van der Waals surface area contributed by atoms with Crippen LogP contribution >= 0.6 is 11.6 Å². The third kappa shape index (κ3) is 4.29. The average molecular weight is 305 g/mol. The number of pyridine rings is 1. The number of carbonyl (C=O) groups excluding carboxylic acids is 1. The largest absolute Gasteiger partial charge is 0.478 e. The summed E-state index contributed by atoms with van der Waals surface area (Å²) in [7, 11) is 0. The van der Waals surface area contributed by atoms with E-state index in [2.05, 4.69) is 10.3 Å². The van der Waals surface area contributed by atoms with E-state index in [9.17, 15) is 9.59 Å². The highest BCUT2D eigenvalue weighted by Gasteiger charge is 2.13. The topological polar surface area (TPSA) is 79.3 Å². The molecule has 2 aromatic rings. The Kier molecular flexibility index (Phi) is 4.90. The SMILES string of the molecule is O=C(CCc1ccncc1)Nc1ccc(Cl)cc1C(=O)O. The number of aromatic nitrogens is 1. The number of anilines is 1. The summed E-state index contributed by atoms with van der Waals surface area (Å²) in [5.74, 6) is -1.39. The van der Waals surface area contributed by atoms with E-state index >= 15 is 0 Å². The quantitative estimate of drug-likeness (QED) is 0.890. The molecule has 0 aliphatic rings. The summed E-state index contributed by atoms with van der Waals surface area (Å²) in [6, 6.07) is 7.99. The van der Waals surface area contributed by atoms with E-state index in [-0.39, 0.29) is 23.6 Å². The Bertz CT molecular complexity index is 659. The lowest BCUT2D eigenvalue weighted by molar-refractivity contribution is -0.116. The number of aryl methyl sites for hydroxylation is 1.